The van der Waals surface area contributed by atoms with Crippen LogP contribution in [-0.2, 0) is 34.5 Å². The van der Waals surface area contributed by atoms with E-state index in [9.17, 15) is 28.7 Å². The van der Waals surface area contributed by atoms with Crippen LogP contribution in [0, 0.1) is 0 Å². The molecule has 0 fully saturated rings. The molecular formula is C34H32N4O6P2+2. The Bertz CT molecular complexity index is 1930. The van der Waals surface area contributed by atoms with E-state index in [1.54, 1.807) is 36.7 Å². The molecule has 232 valence electrons. The predicted octanol–water partition coefficient (Wildman–Crippen LogP) is 4.99. The lowest BCUT2D eigenvalue weighted by molar-refractivity contribution is -0.688. The van der Waals surface area contributed by atoms with Gasteiger partial charge in [0.15, 0.2) is 37.9 Å². The van der Waals surface area contributed by atoms with Gasteiger partial charge < -0.3 is 19.6 Å². The van der Waals surface area contributed by atoms with Gasteiger partial charge in [-0.05, 0) is 22.3 Å². The van der Waals surface area contributed by atoms with Gasteiger partial charge in [0.2, 0.25) is 0 Å². The summed E-state index contributed by atoms with van der Waals surface area (Å²) in [6.45, 7) is 1.23. The molecule has 0 atom stereocenters. The summed E-state index contributed by atoms with van der Waals surface area (Å²) in [5.41, 5.74) is 8.79. The van der Waals surface area contributed by atoms with Crippen LogP contribution < -0.4 is 9.13 Å². The van der Waals surface area contributed by atoms with Gasteiger partial charge in [-0.15, -0.1) is 0 Å². The van der Waals surface area contributed by atoms with Gasteiger partial charge in [0.1, 0.15) is 0 Å². The molecule has 10 nitrogen and oxygen atoms in total. The first-order chi connectivity index (χ1) is 22.0. The van der Waals surface area contributed by atoms with Crippen LogP contribution in [0.3, 0.4) is 0 Å². The maximum Gasteiger partial charge on any atom is 0.329 e. The van der Waals surface area contributed by atoms with Gasteiger partial charge in [0, 0.05) is 58.9 Å². The van der Waals surface area contributed by atoms with Crippen LogP contribution >= 0.6 is 15.2 Å². The van der Waals surface area contributed by atoms with Crippen molar-refractivity contribution in [1.82, 2.24) is 9.97 Å². The molecule has 0 aliphatic rings. The summed E-state index contributed by atoms with van der Waals surface area (Å²) in [5, 5.41) is 0. The van der Waals surface area contributed by atoms with E-state index in [1.165, 1.54) is 0 Å². The van der Waals surface area contributed by atoms with Crippen molar-refractivity contribution in [2.45, 2.75) is 25.4 Å². The van der Waals surface area contributed by atoms with E-state index >= 15 is 0 Å². The van der Waals surface area contributed by atoms with Gasteiger partial charge in [0.25, 0.3) is 0 Å². The minimum absolute atomic E-state index is 0.266. The number of pyridine rings is 2. The van der Waals surface area contributed by atoms with Gasteiger partial charge in [-0.25, -0.2) is 9.13 Å². The number of fused-ring (bicyclic) bond motifs is 1. The second-order valence-corrected chi connectivity index (χ2v) is 14.5. The summed E-state index contributed by atoms with van der Waals surface area (Å²) in [6.07, 6.45) is 10.8. The van der Waals surface area contributed by atoms with Crippen LogP contribution in [0.1, 0.15) is 22.3 Å². The first kappa shape index (κ1) is 31.6. The van der Waals surface area contributed by atoms with E-state index in [1.807, 2.05) is 82.5 Å². The lowest BCUT2D eigenvalue weighted by Gasteiger charge is -2.10. The summed E-state index contributed by atoms with van der Waals surface area (Å²) in [4.78, 5) is 46.2. The first-order valence-electron chi connectivity index (χ1n) is 14.5. The topological polar surface area (TPSA) is 149 Å². The molecule has 0 radical (unpaired) electrons. The van der Waals surface area contributed by atoms with Crippen molar-refractivity contribution in [3.63, 3.8) is 0 Å². The van der Waals surface area contributed by atoms with Crippen molar-refractivity contribution < 1.29 is 37.8 Å². The Kier molecular flexibility index (Phi) is 9.02. The second-order valence-electron chi connectivity index (χ2n) is 11.2. The summed E-state index contributed by atoms with van der Waals surface area (Å²) >= 11 is 0. The number of hydrogen-bond donors (Lipinski definition) is 4. The molecule has 6 rings (SSSR count). The molecule has 0 saturated heterocycles. The highest BCUT2D eigenvalue weighted by molar-refractivity contribution is 7.51. The number of benzene rings is 3. The zero-order valence-corrected chi connectivity index (χ0v) is 26.5. The molecule has 0 spiro atoms. The molecule has 0 bridgehead atoms. The number of hydrogen-bond acceptors (Lipinski definition) is 4. The molecule has 3 aromatic carbocycles. The van der Waals surface area contributed by atoms with E-state index < -0.39 is 15.2 Å². The van der Waals surface area contributed by atoms with Gasteiger partial charge in [-0.1, -0.05) is 60.7 Å². The fraction of sp³-hybridized carbons (Fsp3) is 0.118. The minimum Gasteiger partial charge on any atom is -0.324 e. The third kappa shape index (κ3) is 8.05. The van der Waals surface area contributed by atoms with Crippen LogP contribution in [0.4, 0.5) is 0 Å². The molecular weight excluding hydrogens is 622 g/mol. The van der Waals surface area contributed by atoms with E-state index in [-0.39, 0.29) is 12.3 Å². The minimum atomic E-state index is -4.10. The molecule has 0 aliphatic carbocycles. The summed E-state index contributed by atoms with van der Waals surface area (Å²) in [5.74, 6) is 0. The van der Waals surface area contributed by atoms with Gasteiger partial charge in [0.05, 0.1) is 23.4 Å². The molecule has 0 unspecified atom stereocenters. The van der Waals surface area contributed by atoms with Crippen molar-refractivity contribution in [2.24, 2.45) is 0 Å². The highest BCUT2D eigenvalue weighted by atomic mass is 31.2. The maximum absolute atomic E-state index is 11.3. The smallest absolute Gasteiger partial charge is 0.324 e. The van der Waals surface area contributed by atoms with Gasteiger partial charge in [-0.2, -0.15) is 0 Å². The van der Waals surface area contributed by atoms with Crippen LogP contribution in [0.15, 0.2) is 122 Å². The normalized spacial score (nSPS) is 12.0. The predicted molar refractivity (Wildman–Crippen MR) is 173 cm³/mol. The molecule has 4 N–H and O–H groups in total. The quantitative estimate of drug-likeness (QED) is 0.119. The van der Waals surface area contributed by atoms with Crippen LogP contribution in [0.25, 0.3) is 33.3 Å². The zero-order valence-electron chi connectivity index (χ0n) is 24.7. The highest BCUT2D eigenvalue weighted by Gasteiger charge is 2.17. The Morgan fingerprint density at radius 2 is 0.804 bits per heavy atom. The molecule has 3 heterocycles. The summed E-state index contributed by atoms with van der Waals surface area (Å²) in [7, 11) is -8.19. The van der Waals surface area contributed by atoms with E-state index in [4.69, 9.17) is 9.97 Å². The number of nitrogens with zero attached hydrogens (tertiary/aromatic N) is 4. The summed E-state index contributed by atoms with van der Waals surface area (Å²) in [6, 6.07) is 26.8. The molecule has 0 aliphatic heterocycles. The van der Waals surface area contributed by atoms with Crippen LogP contribution in [-0.4, -0.2) is 29.5 Å². The number of aromatic nitrogens is 4. The van der Waals surface area contributed by atoms with Gasteiger partial charge in [-0.3, -0.25) is 19.1 Å². The number of rotatable bonds is 10. The monoisotopic (exact) mass is 654 g/mol. The molecule has 0 amide bonds. The highest BCUT2D eigenvalue weighted by Crippen LogP contribution is 2.39. The fourth-order valence-corrected chi connectivity index (χ4v) is 6.78. The molecule has 46 heavy (non-hydrogen) atoms. The average Bonchev–Trinajstić information content (AvgIpc) is 3.02. The fourth-order valence-electron chi connectivity index (χ4n) is 5.40. The Balaban J connectivity index is 1.18. The van der Waals surface area contributed by atoms with E-state index in [2.05, 4.69) is 12.1 Å². The largest absolute Gasteiger partial charge is 0.329 e. The van der Waals surface area contributed by atoms with Crippen molar-refractivity contribution in [1.29, 1.82) is 0 Å². The van der Waals surface area contributed by atoms with Crippen molar-refractivity contribution in [3.8, 4) is 22.3 Å². The third-order valence-electron chi connectivity index (χ3n) is 7.58. The Hall–Kier alpha value is -4.40. The second kappa shape index (κ2) is 13.1. The van der Waals surface area contributed by atoms with Crippen LogP contribution in [0.2, 0.25) is 0 Å². The zero-order chi connectivity index (χ0) is 32.3. The molecule has 12 heteroatoms. The average molecular weight is 655 g/mol. The summed E-state index contributed by atoms with van der Waals surface area (Å²) < 4.78 is 26.6. The van der Waals surface area contributed by atoms with Crippen molar-refractivity contribution in [2.75, 3.05) is 0 Å². The van der Waals surface area contributed by atoms with E-state index in [0.717, 1.165) is 44.4 Å². The first-order valence-corrected chi connectivity index (χ1v) is 18.1. The van der Waals surface area contributed by atoms with Crippen LogP contribution in [0.5, 0.6) is 0 Å². The Morgan fingerprint density at radius 3 is 1.13 bits per heavy atom. The molecule has 3 aromatic heterocycles. The maximum atomic E-state index is 11.3. The van der Waals surface area contributed by atoms with Crippen molar-refractivity contribution in [3.05, 3.63) is 144 Å². The Morgan fingerprint density at radius 1 is 0.478 bits per heavy atom. The van der Waals surface area contributed by atoms with Gasteiger partial charge >= 0.3 is 15.2 Å². The lowest BCUT2D eigenvalue weighted by atomic mass is 9.98. The molecule has 0 saturated carbocycles. The SMILES string of the molecule is O=P(O)(O)Cc1ccc(C[n+]2ccc(-c3ccc(-c4cc[n+](Cc5ccc(CP(=O)(O)O)cc5)cc4)c4nccnc34)cc2)cc1. The molecule has 6 aromatic rings. The lowest BCUT2D eigenvalue weighted by Crippen LogP contribution is -2.33. The Labute approximate surface area is 265 Å². The van der Waals surface area contributed by atoms with E-state index in [0.29, 0.717) is 24.2 Å². The van der Waals surface area contributed by atoms with Crippen molar-refractivity contribution >= 4 is 26.2 Å². The third-order valence-corrected chi connectivity index (χ3v) is 9.14. The standard InChI is InChI=1S/C34H30N4O6P2/c39-45(40,41)23-27-5-1-25(2-6-27)21-37-17-11-29(12-18-37)31-9-10-32(34-33(31)35-15-16-36-34)30-13-19-38(20-14-30)22-26-3-7-28(8-4-26)24-46(42,43)44/h1-20H,21-24H2,(H2-2,39,40,41,42,43,44)/p+2.